The van der Waals surface area contributed by atoms with Crippen molar-refractivity contribution in [3.8, 4) is 11.3 Å². The number of H-pyrrole nitrogens is 1. The molecule has 2 heterocycles. The van der Waals surface area contributed by atoms with Gasteiger partial charge in [0.1, 0.15) is 0 Å². The van der Waals surface area contributed by atoms with Crippen LogP contribution in [0.25, 0.3) is 11.3 Å². The lowest BCUT2D eigenvalue weighted by Gasteiger charge is -1.92. The molecule has 66 valence electrons. The van der Waals surface area contributed by atoms with Crippen LogP contribution in [0.15, 0.2) is 29.6 Å². The molecule has 2 aromatic heterocycles. The van der Waals surface area contributed by atoms with Crippen molar-refractivity contribution >= 4 is 0 Å². The summed E-state index contributed by atoms with van der Waals surface area (Å²) in [6.45, 7) is 0. The molecule has 0 atom stereocenters. The average Bonchev–Trinajstić information content (AvgIpc) is 2.53. The Hall–Kier alpha value is -1.91. The SMILES string of the molecule is Cn1cc(-c2c[nH]c(=O)cn2)cn1. The van der Waals surface area contributed by atoms with Gasteiger partial charge in [0.05, 0.1) is 18.1 Å². The molecule has 0 aromatic carbocycles. The molecule has 13 heavy (non-hydrogen) atoms. The van der Waals surface area contributed by atoms with E-state index in [1.165, 1.54) is 6.20 Å². The summed E-state index contributed by atoms with van der Waals surface area (Å²) < 4.78 is 1.68. The Bertz CT molecular complexity index is 450. The lowest BCUT2D eigenvalue weighted by atomic mass is 10.3. The van der Waals surface area contributed by atoms with Crippen molar-refractivity contribution in [3.63, 3.8) is 0 Å². The van der Waals surface area contributed by atoms with Gasteiger partial charge in [0.15, 0.2) is 0 Å². The molecule has 1 N–H and O–H groups in total. The van der Waals surface area contributed by atoms with E-state index in [1.807, 2.05) is 13.2 Å². The molecule has 0 aliphatic rings. The molecule has 5 nitrogen and oxygen atoms in total. The van der Waals surface area contributed by atoms with Crippen LogP contribution in [-0.2, 0) is 7.05 Å². The summed E-state index contributed by atoms with van der Waals surface area (Å²) in [5.74, 6) is 0. The van der Waals surface area contributed by atoms with Crippen molar-refractivity contribution in [2.24, 2.45) is 7.05 Å². The van der Waals surface area contributed by atoms with E-state index in [-0.39, 0.29) is 5.56 Å². The second-order valence-electron chi connectivity index (χ2n) is 2.70. The van der Waals surface area contributed by atoms with E-state index in [9.17, 15) is 4.79 Å². The fourth-order valence-electron chi connectivity index (χ4n) is 1.05. The van der Waals surface area contributed by atoms with E-state index >= 15 is 0 Å². The normalized spacial score (nSPS) is 10.2. The third-order valence-corrected chi connectivity index (χ3v) is 1.67. The number of rotatable bonds is 1. The fraction of sp³-hybridized carbons (Fsp3) is 0.125. The number of nitrogens with zero attached hydrogens (tertiary/aromatic N) is 3. The summed E-state index contributed by atoms with van der Waals surface area (Å²) in [6, 6.07) is 0. The van der Waals surface area contributed by atoms with Gasteiger partial charge < -0.3 is 4.98 Å². The number of aromatic nitrogens is 4. The van der Waals surface area contributed by atoms with Crippen molar-refractivity contribution in [1.82, 2.24) is 19.7 Å². The molecule has 0 fully saturated rings. The first-order valence-electron chi connectivity index (χ1n) is 3.79. The number of hydrogen-bond donors (Lipinski definition) is 1. The largest absolute Gasteiger partial charge is 0.326 e. The monoisotopic (exact) mass is 176 g/mol. The topological polar surface area (TPSA) is 63.6 Å². The summed E-state index contributed by atoms with van der Waals surface area (Å²) in [7, 11) is 1.83. The lowest BCUT2D eigenvalue weighted by Crippen LogP contribution is -2.03. The molecular weight excluding hydrogens is 168 g/mol. The maximum Gasteiger partial charge on any atom is 0.266 e. The van der Waals surface area contributed by atoms with Crippen LogP contribution >= 0.6 is 0 Å². The summed E-state index contributed by atoms with van der Waals surface area (Å²) in [4.78, 5) is 17.2. The van der Waals surface area contributed by atoms with Gasteiger partial charge in [-0.3, -0.25) is 9.48 Å². The summed E-state index contributed by atoms with van der Waals surface area (Å²) >= 11 is 0. The van der Waals surface area contributed by atoms with Crippen LogP contribution in [0.3, 0.4) is 0 Å². The first-order valence-corrected chi connectivity index (χ1v) is 3.79. The molecule has 0 unspecified atom stereocenters. The second-order valence-corrected chi connectivity index (χ2v) is 2.70. The number of nitrogens with one attached hydrogen (secondary N) is 1. The van der Waals surface area contributed by atoms with E-state index in [0.29, 0.717) is 5.69 Å². The van der Waals surface area contributed by atoms with Crippen molar-refractivity contribution in [3.05, 3.63) is 35.1 Å². The molecule has 0 bridgehead atoms. The van der Waals surface area contributed by atoms with Crippen molar-refractivity contribution in [2.75, 3.05) is 0 Å². The van der Waals surface area contributed by atoms with E-state index in [0.717, 1.165) is 5.56 Å². The second kappa shape index (κ2) is 2.85. The van der Waals surface area contributed by atoms with Crippen LogP contribution in [0.5, 0.6) is 0 Å². The number of aromatic amines is 1. The van der Waals surface area contributed by atoms with Gasteiger partial charge in [0.2, 0.25) is 0 Å². The average molecular weight is 176 g/mol. The minimum atomic E-state index is -0.201. The Morgan fingerprint density at radius 2 is 2.31 bits per heavy atom. The van der Waals surface area contributed by atoms with Crippen LogP contribution < -0.4 is 5.56 Å². The van der Waals surface area contributed by atoms with E-state index in [2.05, 4.69) is 15.1 Å². The Morgan fingerprint density at radius 1 is 1.46 bits per heavy atom. The van der Waals surface area contributed by atoms with Crippen LogP contribution in [0.1, 0.15) is 0 Å². The van der Waals surface area contributed by atoms with Gasteiger partial charge in [-0.15, -0.1) is 0 Å². The molecule has 2 aromatic rings. The molecular formula is C8H8N4O. The van der Waals surface area contributed by atoms with E-state index < -0.39 is 0 Å². The summed E-state index contributed by atoms with van der Waals surface area (Å²) in [5, 5.41) is 4.00. The lowest BCUT2D eigenvalue weighted by molar-refractivity contribution is 0.768. The van der Waals surface area contributed by atoms with Gasteiger partial charge in [0.25, 0.3) is 5.56 Å². The van der Waals surface area contributed by atoms with Crippen LogP contribution in [0, 0.1) is 0 Å². The molecule has 0 amide bonds. The van der Waals surface area contributed by atoms with E-state index in [1.54, 1.807) is 17.1 Å². The summed E-state index contributed by atoms with van der Waals surface area (Å²) in [6.07, 6.45) is 6.35. The molecule has 0 spiro atoms. The quantitative estimate of drug-likeness (QED) is 0.673. The molecule has 5 heteroatoms. The van der Waals surface area contributed by atoms with Crippen molar-refractivity contribution in [1.29, 1.82) is 0 Å². The van der Waals surface area contributed by atoms with Crippen molar-refractivity contribution in [2.45, 2.75) is 0 Å². The van der Waals surface area contributed by atoms with Gasteiger partial charge in [-0.25, -0.2) is 4.98 Å². The maximum absolute atomic E-state index is 10.7. The Morgan fingerprint density at radius 3 is 2.85 bits per heavy atom. The Labute approximate surface area is 74.1 Å². The third kappa shape index (κ3) is 1.48. The number of aryl methyl sites for hydroxylation is 1. The highest BCUT2D eigenvalue weighted by Gasteiger charge is 2.00. The van der Waals surface area contributed by atoms with Gasteiger partial charge in [-0.1, -0.05) is 0 Å². The molecule has 2 rings (SSSR count). The number of hydrogen-bond acceptors (Lipinski definition) is 3. The minimum absolute atomic E-state index is 0.201. The third-order valence-electron chi connectivity index (χ3n) is 1.67. The van der Waals surface area contributed by atoms with Gasteiger partial charge in [-0.2, -0.15) is 5.10 Å². The highest BCUT2D eigenvalue weighted by molar-refractivity contribution is 5.54. The Kier molecular flexibility index (Phi) is 1.70. The fourth-order valence-corrected chi connectivity index (χ4v) is 1.05. The highest BCUT2D eigenvalue weighted by atomic mass is 16.1. The van der Waals surface area contributed by atoms with Crippen LogP contribution in [-0.4, -0.2) is 19.7 Å². The zero-order chi connectivity index (χ0) is 9.26. The standard InChI is InChI=1S/C8H8N4O/c1-12-5-6(2-11-12)7-3-10-8(13)4-9-7/h2-5H,1H3,(H,10,13). The zero-order valence-corrected chi connectivity index (χ0v) is 7.06. The highest BCUT2D eigenvalue weighted by Crippen LogP contribution is 2.11. The predicted molar refractivity (Wildman–Crippen MR) is 47.1 cm³/mol. The van der Waals surface area contributed by atoms with Gasteiger partial charge in [0, 0.05) is 25.0 Å². The first-order chi connectivity index (χ1) is 6.25. The molecule has 0 saturated heterocycles. The smallest absolute Gasteiger partial charge is 0.266 e. The van der Waals surface area contributed by atoms with E-state index in [4.69, 9.17) is 0 Å². The molecule has 0 radical (unpaired) electrons. The molecule has 0 saturated carbocycles. The minimum Gasteiger partial charge on any atom is -0.326 e. The first kappa shape index (κ1) is 7.72. The maximum atomic E-state index is 10.7. The van der Waals surface area contributed by atoms with Crippen LogP contribution in [0.4, 0.5) is 0 Å². The zero-order valence-electron chi connectivity index (χ0n) is 7.06. The molecule has 0 aliphatic heterocycles. The van der Waals surface area contributed by atoms with Gasteiger partial charge >= 0.3 is 0 Å². The molecule has 0 aliphatic carbocycles. The predicted octanol–water partition coefficient (Wildman–Crippen LogP) is 0.170. The van der Waals surface area contributed by atoms with Crippen LogP contribution in [0.2, 0.25) is 0 Å². The Balaban J connectivity index is 2.47. The van der Waals surface area contributed by atoms with Crippen molar-refractivity contribution < 1.29 is 0 Å². The summed E-state index contributed by atoms with van der Waals surface area (Å²) in [5.41, 5.74) is 1.40. The van der Waals surface area contributed by atoms with Gasteiger partial charge in [-0.05, 0) is 0 Å².